The Hall–Kier alpha value is -8.98. The Kier molecular flexibility index (Phi) is 11.5. The number of hydrogen-bond donors (Lipinski definition) is 0. The van der Waals surface area contributed by atoms with E-state index < -0.39 is 0 Å². The summed E-state index contributed by atoms with van der Waals surface area (Å²) in [4.78, 5) is 5.14. The van der Waals surface area contributed by atoms with Crippen LogP contribution < -0.4 is 20.2 Å². The van der Waals surface area contributed by atoms with Crippen LogP contribution in [0.1, 0.15) is 19.4 Å². The molecule has 10 aromatic carbocycles. The molecule has 4 atom stereocenters. The summed E-state index contributed by atoms with van der Waals surface area (Å²) in [7, 11) is 0. The van der Waals surface area contributed by atoms with Crippen LogP contribution in [-0.4, -0.2) is 12.1 Å². The minimum absolute atomic E-state index is 0.151. The molecular weight excluding hydrogens is 893 g/mol. The molecule has 0 saturated carbocycles. The van der Waals surface area contributed by atoms with Crippen LogP contribution in [0, 0.1) is 5.92 Å². The first-order valence-corrected chi connectivity index (χ1v) is 26.1. The van der Waals surface area contributed by atoms with Gasteiger partial charge in [0.25, 0.3) is 0 Å². The van der Waals surface area contributed by atoms with Gasteiger partial charge in [0.05, 0.1) is 12.1 Å². The van der Waals surface area contributed by atoms with Crippen LogP contribution in [0.5, 0.6) is 0 Å². The largest absolute Gasteiger partial charge is 0.357 e. The quantitative estimate of drug-likeness (QED) is 0.135. The van der Waals surface area contributed by atoms with Crippen molar-refractivity contribution in [3.63, 3.8) is 0 Å². The van der Waals surface area contributed by atoms with E-state index in [1.165, 1.54) is 82.9 Å². The monoisotopic (exact) mass is 948 g/mol. The number of allylic oxidation sites excluding steroid dienone is 2. The van der Waals surface area contributed by atoms with Crippen molar-refractivity contribution in [2.45, 2.75) is 31.3 Å². The van der Waals surface area contributed by atoms with Gasteiger partial charge >= 0.3 is 0 Å². The Morgan fingerprint density at radius 2 is 0.851 bits per heavy atom. The van der Waals surface area contributed by atoms with E-state index in [4.69, 9.17) is 0 Å². The predicted molar refractivity (Wildman–Crippen MR) is 313 cm³/mol. The fourth-order valence-electron chi connectivity index (χ4n) is 12.1. The van der Waals surface area contributed by atoms with E-state index in [9.17, 15) is 0 Å². The molecule has 0 radical (unpaired) electrons. The zero-order valence-corrected chi connectivity index (χ0v) is 41.8. The maximum atomic E-state index is 2.71. The van der Waals surface area contributed by atoms with E-state index in [1.54, 1.807) is 0 Å². The fraction of sp³-hybridized carbons (Fsp3) is 0.0833. The molecule has 2 nitrogen and oxygen atoms in total. The minimum atomic E-state index is -0.273. The lowest BCUT2D eigenvalue weighted by Gasteiger charge is -2.41. The normalized spacial score (nSPS) is 18.1. The van der Waals surface area contributed by atoms with Gasteiger partial charge in [-0.2, -0.15) is 0 Å². The number of benzene rings is 10. The fourth-order valence-corrected chi connectivity index (χ4v) is 12.1. The lowest BCUT2D eigenvalue weighted by atomic mass is 9.72. The van der Waals surface area contributed by atoms with Crippen LogP contribution >= 0.6 is 0 Å². The van der Waals surface area contributed by atoms with E-state index in [0.29, 0.717) is 5.92 Å². The highest BCUT2D eigenvalue weighted by atomic mass is 15.2. The van der Waals surface area contributed by atoms with Crippen LogP contribution in [0.4, 0.5) is 22.7 Å². The van der Waals surface area contributed by atoms with Crippen LogP contribution in [0.3, 0.4) is 0 Å². The molecule has 0 spiro atoms. The first kappa shape index (κ1) is 44.9. The average Bonchev–Trinajstić information content (AvgIpc) is 3.73. The summed E-state index contributed by atoms with van der Waals surface area (Å²) in [6.45, 7) is 4.82. The highest BCUT2D eigenvalue weighted by Gasteiger charge is 2.50. The van der Waals surface area contributed by atoms with Gasteiger partial charge in [-0.25, -0.2) is 0 Å². The summed E-state index contributed by atoms with van der Waals surface area (Å²) in [5.74, 6) is 0.365. The average molecular weight is 949 g/mol. The maximum absolute atomic E-state index is 2.71. The molecule has 10 aromatic rings. The summed E-state index contributed by atoms with van der Waals surface area (Å²) in [5.41, 5.74) is 20.1. The molecule has 0 aromatic heterocycles. The van der Waals surface area contributed by atoms with Crippen molar-refractivity contribution in [1.29, 1.82) is 0 Å². The van der Waals surface area contributed by atoms with Gasteiger partial charge in [0, 0.05) is 28.2 Å². The van der Waals surface area contributed by atoms with Crippen molar-refractivity contribution in [2.24, 2.45) is 5.92 Å². The first-order chi connectivity index (χ1) is 36.5. The summed E-state index contributed by atoms with van der Waals surface area (Å²) in [6.07, 6.45) is 14.3. The third-order valence-corrected chi connectivity index (χ3v) is 15.7. The molecule has 4 unspecified atom stereocenters. The van der Waals surface area contributed by atoms with Crippen molar-refractivity contribution in [3.8, 4) is 66.8 Å². The zero-order valence-electron chi connectivity index (χ0n) is 41.8. The third-order valence-electron chi connectivity index (χ3n) is 15.7. The second kappa shape index (κ2) is 18.9. The van der Waals surface area contributed by atoms with Crippen LogP contribution in [0.15, 0.2) is 273 Å². The van der Waals surface area contributed by atoms with Crippen molar-refractivity contribution in [2.75, 3.05) is 9.80 Å². The highest BCUT2D eigenvalue weighted by molar-refractivity contribution is 5.90. The van der Waals surface area contributed by atoms with Crippen LogP contribution in [0.2, 0.25) is 0 Å². The van der Waals surface area contributed by atoms with Crippen molar-refractivity contribution in [3.05, 3.63) is 289 Å². The Morgan fingerprint density at radius 3 is 1.46 bits per heavy atom. The number of anilines is 4. The van der Waals surface area contributed by atoms with Crippen LogP contribution in [-0.2, 0) is 5.41 Å². The first-order valence-electron chi connectivity index (χ1n) is 26.1. The number of hydrogen-bond acceptors (Lipinski definition) is 2. The Labute approximate surface area is 435 Å². The van der Waals surface area contributed by atoms with Gasteiger partial charge in [-0.1, -0.05) is 231 Å². The second-order valence-electron chi connectivity index (χ2n) is 20.3. The van der Waals surface area contributed by atoms with Gasteiger partial charge in [-0.3, -0.25) is 0 Å². The molecule has 2 aliphatic carbocycles. The predicted octanol–water partition coefficient (Wildman–Crippen LogP) is 17.0. The molecule has 0 bridgehead atoms. The van der Waals surface area contributed by atoms with Gasteiger partial charge in [-0.05, 0) is 156 Å². The molecule has 2 heteroatoms. The van der Waals surface area contributed by atoms with Crippen LogP contribution in [0.25, 0.3) is 78.9 Å². The smallest absolute Gasteiger partial charge is 0.0618 e. The molecule has 354 valence electrons. The van der Waals surface area contributed by atoms with Gasteiger partial charge in [0.15, 0.2) is 0 Å². The van der Waals surface area contributed by atoms with Gasteiger partial charge < -0.3 is 9.80 Å². The number of nitrogens with zero attached hydrogens (tertiary/aromatic N) is 2. The summed E-state index contributed by atoms with van der Waals surface area (Å²) in [6, 6.07) is 91.6. The molecule has 0 amide bonds. The molecule has 0 N–H and O–H groups in total. The summed E-state index contributed by atoms with van der Waals surface area (Å²) in [5, 5.41) is 2.60. The van der Waals surface area contributed by atoms with E-state index >= 15 is 0 Å². The molecular formula is C72H56N2. The van der Waals surface area contributed by atoms with E-state index in [1.807, 2.05) is 0 Å². The molecule has 0 fully saturated rings. The van der Waals surface area contributed by atoms with Crippen molar-refractivity contribution in [1.82, 2.24) is 0 Å². The van der Waals surface area contributed by atoms with Crippen molar-refractivity contribution < 1.29 is 0 Å². The van der Waals surface area contributed by atoms with E-state index in [2.05, 4.69) is 309 Å². The second-order valence-corrected chi connectivity index (χ2v) is 20.3. The molecule has 1 heterocycles. The Morgan fingerprint density at radius 1 is 0.378 bits per heavy atom. The van der Waals surface area contributed by atoms with Gasteiger partial charge in [-0.15, -0.1) is 0 Å². The molecule has 1 aliphatic heterocycles. The SMILES string of the molecule is CC1C=CC=CC1N1c2cccc(-c3cccc(N(c4ccc(-c5cc(-c6ccccc6)cc(-c6ccccc6)c5)cc4)c4ccc(-c5ccccc5-c5ccccc5)cc4)c3)c2C2(C)C=c3ccccc3=CC12. The summed E-state index contributed by atoms with van der Waals surface area (Å²) >= 11 is 0. The lowest BCUT2D eigenvalue weighted by Crippen LogP contribution is -2.52. The van der Waals surface area contributed by atoms with E-state index in [-0.39, 0.29) is 17.5 Å². The molecule has 74 heavy (non-hydrogen) atoms. The summed E-state index contributed by atoms with van der Waals surface area (Å²) < 4.78 is 0. The van der Waals surface area contributed by atoms with Gasteiger partial charge in [0.1, 0.15) is 0 Å². The topological polar surface area (TPSA) is 6.48 Å². The van der Waals surface area contributed by atoms with Gasteiger partial charge in [0.2, 0.25) is 0 Å². The zero-order chi connectivity index (χ0) is 49.6. The van der Waals surface area contributed by atoms with Crippen molar-refractivity contribution >= 4 is 34.9 Å². The molecule has 13 rings (SSSR count). The lowest BCUT2D eigenvalue weighted by molar-refractivity contribution is 0.495. The maximum Gasteiger partial charge on any atom is 0.0618 e. The highest BCUT2D eigenvalue weighted by Crippen LogP contribution is 2.54. The number of rotatable bonds is 10. The molecule has 0 saturated heterocycles. The Bertz CT molecular complexity index is 3820. The molecule has 3 aliphatic rings. The van der Waals surface area contributed by atoms with E-state index in [0.717, 1.165) is 22.6 Å². The Balaban J connectivity index is 0.943. The third kappa shape index (κ3) is 8.10. The minimum Gasteiger partial charge on any atom is -0.357 e. The number of fused-ring (bicyclic) bond motifs is 4. The standard InChI is InChI=1S/C72H56N2/c1-50-20-12-17-34-68(50)74-69-35-19-33-67(71(69)72(2)49-58-28-14-13-27-56(58)48-70(72)74)57-29-18-30-64(47-57)73(63-42-38-55(39-43-63)66-32-16-15-31-65(66)54-25-10-5-11-26-54)62-40-36-53(37-41-62)61-45-59(51-21-6-3-7-22-51)44-60(46-61)52-23-8-4-9-24-52/h3-50,68,70H,1-2H3.